The predicted molar refractivity (Wildman–Crippen MR) is 143 cm³/mol. The quantitative estimate of drug-likeness (QED) is 0.288. The molecule has 1 aliphatic rings. The highest BCUT2D eigenvalue weighted by atomic mass is 16.5. The van der Waals surface area contributed by atoms with Crippen LogP contribution in [0.4, 0.5) is 11.4 Å². The number of methoxy groups -OCH3 is 2. The maximum absolute atomic E-state index is 5.58. The van der Waals surface area contributed by atoms with Gasteiger partial charge in [-0.05, 0) is 42.7 Å². The van der Waals surface area contributed by atoms with Crippen molar-refractivity contribution in [3.8, 4) is 22.8 Å². The van der Waals surface area contributed by atoms with Gasteiger partial charge in [0.1, 0.15) is 11.5 Å². The second kappa shape index (κ2) is 9.54. The Kier molecular flexibility index (Phi) is 5.92. The van der Waals surface area contributed by atoms with Crippen molar-refractivity contribution in [2.24, 2.45) is 13.0 Å². The maximum atomic E-state index is 5.58. The Hall–Kier alpha value is -4.46. The predicted octanol–water partition coefficient (Wildman–Crippen LogP) is 5.38. The van der Waals surface area contributed by atoms with Crippen molar-refractivity contribution >= 4 is 22.4 Å². The molecule has 1 aliphatic carbocycles. The normalized spacial score (nSPS) is 16.5. The number of benzene rings is 2. The maximum Gasteiger partial charge on any atom is 0.124 e. The lowest BCUT2D eigenvalue weighted by Crippen LogP contribution is -2.20. The van der Waals surface area contributed by atoms with E-state index in [1.54, 1.807) is 31.3 Å². The van der Waals surface area contributed by atoms with Crippen LogP contribution in [0.5, 0.6) is 11.5 Å². The number of pyridine rings is 1. The Balaban J connectivity index is 1.39. The van der Waals surface area contributed by atoms with E-state index < -0.39 is 0 Å². The minimum Gasteiger partial charge on any atom is -0.497 e. The van der Waals surface area contributed by atoms with E-state index in [9.17, 15) is 0 Å². The molecule has 0 N–H and O–H groups in total. The number of nitrogens with zero attached hydrogens (tertiary/aromatic N) is 6. The summed E-state index contributed by atoms with van der Waals surface area (Å²) in [5.74, 6) is 2.43. The van der Waals surface area contributed by atoms with E-state index in [1.165, 1.54) is 0 Å². The molecule has 2 atom stereocenters. The molecule has 37 heavy (non-hydrogen) atoms. The Bertz CT molecular complexity index is 1530. The van der Waals surface area contributed by atoms with E-state index in [-0.39, 0.29) is 0 Å². The number of rotatable bonds is 8. The van der Waals surface area contributed by atoms with Crippen LogP contribution in [0.2, 0.25) is 0 Å². The molecule has 0 saturated heterocycles. The number of anilines is 2. The van der Waals surface area contributed by atoms with Gasteiger partial charge in [-0.2, -0.15) is 5.10 Å². The fourth-order valence-electron chi connectivity index (χ4n) is 4.81. The molecule has 8 heteroatoms. The van der Waals surface area contributed by atoms with Crippen LogP contribution in [0.25, 0.3) is 22.3 Å². The van der Waals surface area contributed by atoms with Gasteiger partial charge in [0, 0.05) is 72.7 Å². The summed E-state index contributed by atoms with van der Waals surface area (Å²) in [7, 11) is 5.24. The SMILES string of the molecule is COc1cc(OC)cc(N(CC2CC2c2ccccn2)c2ccc3ncc(-c4cnn(C)c4)nc3c2)c1. The fraction of sp³-hybridized carbons (Fsp3) is 0.241. The molecule has 0 radical (unpaired) electrons. The van der Waals surface area contributed by atoms with Gasteiger partial charge in [0.15, 0.2) is 0 Å². The first-order chi connectivity index (χ1) is 18.1. The van der Waals surface area contributed by atoms with Gasteiger partial charge in [-0.1, -0.05) is 6.07 Å². The van der Waals surface area contributed by atoms with Crippen LogP contribution < -0.4 is 14.4 Å². The number of ether oxygens (including phenoxy) is 2. The first-order valence-electron chi connectivity index (χ1n) is 12.3. The van der Waals surface area contributed by atoms with E-state index in [0.717, 1.165) is 63.8 Å². The van der Waals surface area contributed by atoms with Gasteiger partial charge in [0.2, 0.25) is 0 Å². The molecule has 0 aliphatic heterocycles. The molecule has 1 fully saturated rings. The molecule has 1 saturated carbocycles. The van der Waals surface area contributed by atoms with Crippen LogP contribution in [-0.2, 0) is 7.05 Å². The highest BCUT2D eigenvalue weighted by Crippen LogP contribution is 2.48. The van der Waals surface area contributed by atoms with E-state index in [0.29, 0.717) is 11.8 Å². The zero-order valence-corrected chi connectivity index (χ0v) is 21.1. The summed E-state index contributed by atoms with van der Waals surface area (Å²) in [6, 6.07) is 18.4. The topological polar surface area (TPSA) is 78.2 Å². The van der Waals surface area contributed by atoms with Crippen molar-refractivity contribution in [3.05, 3.63) is 85.1 Å². The van der Waals surface area contributed by atoms with Gasteiger partial charge in [-0.3, -0.25) is 14.6 Å². The number of aryl methyl sites for hydroxylation is 1. The summed E-state index contributed by atoms with van der Waals surface area (Å²) in [6.45, 7) is 0.832. The fourth-order valence-corrected chi connectivity index (χ4v) is 4.81. The monoisotopic (exact) mass is 492 g/mol. The summed E-state index contributed by atoms with van der Waals surface area (Å²) in [5.41, 5.74) is 6.60. The Labute approximate surface area is 215 Å². The van der Waals surface area contributed by atoms with E-state index >= 15 is 0 Å². The van der Waals surface area contributed by atoms with Gasteiger partial charge >= 0.3 is 0 Å². The zero-order chi connectivity index (χ0) is 25.4. The minimum atomic E-state index is 0.452. The molecular weight excluding hydrogens is 464 g/mol. The van der Waals surface area contributed by atoms with Gasteiger partial charge in [-0.15, -0.1) is 0 Å². The summed E-state index contributed by atoms with van der Waals surface area (Å²) in [4.78, 5) is 16.5. The van der Waals surface area contributed by atoms with Crippen LogP contribution in [-0.4, -0.2) is 45.5 Å². The van der Waals surface area contributed by atoms with Crippen molar-refractivity contribution in [2.45, 2.75) is 12.3 Å². The molecule has 3 aromatic heterocycles. The van der Waals surface area contributed by atoms with E-state index in [1.807, 2.05) is 49.8 Å². The van der Waals surface area contributed by atoms with Gasteiger partial charge in [0.25, 0.3) is 0 Å². The van der Waals surface area contributed by atoms with Crippen LogP contribution >= 0.6 is 0 Å². The van der Waals surface area contributed by atoms with E-state index in [4.69, 9.17) is 14.5 Å². The molecule has 0 amide bonds. The van der Waals surface area contributed by atoms with Gasteiger partial charge in [-0.25, -0.2) is 4.98 Å². The van der Waals surface area contributed by atoms with Crippen molar-refractivity contribution in [2.75, 3.05) is 25.7 Å². The molecule has 2 aromatic carbocycles. The lowest BCUT2D eigenvalue weighted by molar-refractivity contribution is 0.394. The summed E-state index contributed by atoms with van der Waals surface area (Å²) in [6.07, 6.45) is 8.52. The van der Waals surface area contributed by atoms with Crippen molar-refractivity contribution < 1.29 is 9.47 Å². The standard InChI is InChI=1S/C29H28N6O2/c1-34-17-20(15-32-34)29-16-31-27-8-7-21(13-28(27)33-29)35(22-11-23(36-2)14-24(12-22)37-3)18-19-10-25(19)26-6-4-5-9-30-26/h4-9,11-17,19,25H,10,18H2,1-3H3. The molecule has 5 aromatic rings. The molecule has 8 nitrogen and oxygen atoms in total. The Morgan fingerprint density at radius 3 is 2.46 bits per heavy atom. The van der Waals surface area contributed by atoms with Crippen LogP contribution in [0.1, 0.15) is 18.0 Å². The number of hydrogen-bond donors (Lipinski definition) is 0. The second-order valence-electron chi connectivity index (χ2n) is 9.37. The van der Waals surface area contributed by atoms with Crippen LogP contribution in [0.3, 0.4) is 0 Å². The average Bonchev–Trinajstić information content (AvgIpc) is 3.59. The molecular formula is C29H28N6O2. The van der Waals surface area contributed by atoms with Crippen molar-refractivity contribution in [3.63, 3.8) is 0 Å². The molecule has 0 bridgehead atoms. The summed E-state index contributed by atoms with van der Waals surface area (Å²) in [5, 5.41) is 4.27. The zero-order valence-electron chi connectivity index (χ0n) is 21.1. The third kappa shape index (κ3) is 4.70. The Morgan fingerprint density at radius 2 is 1.76 bits per heavy atom. The third-order valence-electron chi connectivity index (χ3n) is 6.89. The smallest absolute Gasteiger partial charge is 0.124 e. The highest BCUT2D eigenvalue weighted by Gasteiger charge is 2.40. The van der Waals surface area contributed by atoms with Crippen LogP contribution in [0, 0.1) is 5.92 Å². The van der Waals surface area contributed by atoms with Crippen molar-refractivity contribution in [1.82, 2.24) is 24.7 Å². The average molecular weight is 493 g/mol. The van der Waals surface area contributed by atoms with E-state index in [2.05, 4.69) is 44.2 Å². The lowest BCUT2D eigenvalue weighted by atomic mass is 10.1. The molecule has 0 spiro atoms. The van der Waals surface area contributed by atoms with Gasteiger partial charge < -0.3 is 14.4 Å². The molecule has 3 heterocycles. The lowest BCUT2D eigenvalue weighted by Gasteiger charge is -2.26. The Morgan fingerprint density at radius 1 is 0.919 bits per heavy atom. The minimum absolute atomic E-state index is 0.452. The molecule has 186 valence electrons. The first kappa shape index (κ1) is 23.0. The molecule has 2 unspecified atom stereocenters. The van der Waals surface area contributed by atoms with Crippen molar-refractivity contribution in [1.29, 1.82) is 0 Å². The van der Waals surface area contributed by atoms with Gasteiger partial charge in [0.05, 0.1) is 43.3 Å². The summed E-state index contributed by atoms with van der Waals surface area (Å²) < 4.78 is 12.9. The van der Waals surface area contributed by atoms with Crippen LogP contribution in [0.15, 0.2) is 79.4 Å². The number of fused-ring (bicyclic) bond motifs is 1. The second-order valence-corrected chi connectivity index (χ2v) is 9.37. The first-order valence-corrected chi connectivity index (χ1v) is 12.3. The number of aromatic nitrogens is 5. The largest absolute Gasteiger partial charge is 0.497 e. The molecule has 6 rings (SSSR count). The summed E-state index contributed by atoms with van der Waals surface area (Å²) >= 11 is 0. The third-order valence-corrected chi connectivity index (χ3v) is 6.89. The highest BCUT2D eigenvalue weighted by molar-refractivity contribution is 5.82. The number of hydrogen-bond acceptors (Lipinski definition) is 7.